The van der Waals surface area contributed by atoms with Crippen LogP contribution in [-0.4, -0.2) is 13.8 Å². The number of nitrogens with zero attached hydrogens (tertiary/aromatic N) is 3. The van der Waals surface area contributed by atoms with E-state index in [4.69, 9.17) is 4.98 Å². The SMILES string of the molecule is FC(F)(F)c1ccc(-c2cc3c4cc5ccccc5cc4n4c3c(c2)n2c3cc5ccccc5cc3nc24)cc1. The van der Waals surface area contributed by atoms with E-state index in [1.54, 1.807) is 12.1 Å². The van der Waals surface area contributed by atoms with Gasteiger partial charge in [0.2, 0.25) is 5.78 Å². The predicted octanol–water partition coefficient (Wildman–Crippen LogP) is 9.48. The van der Waals surface area contributed by atoms with E-state index in [0.29, 0.717) is 0 Å². The van der Waals surface area contributed by atoms with Crippen molar-refractivity contribution >= 4 is 65.7 Å². The molecule has 0 amide bonds. The Balaban J connectivity index is 1.46. The number of benzene rings is 6. The molecule has 0 atom stereocenters. The first-order valence-electron chi connectivity index (χ1n) is 13.0. The summed E-state index contributed by atoms with van der Waals surface area (Å²) in [4.78, 5) is 5.13. The lowest BCUT2D eigenvalue weighted by Crippen LogP contribution is -2.03. The van der Waals surface area contributed by atoms with Crippen molar-refractivity contribution in [1.82, 2.24) is 13.8 Å². The monoisotopic (exact) mass is 525 g/mol. The number of aromatic nitrogens is 3. The first-order chi connectivity index (χ1) is 19.4. The number of halogens is 3. The molecule has 0 N–H and O–H groups in total. The summed E-state index contributed by atoms with van der Waals surface area (Å²) in [5, 5.41) is 6.66. The minimum atomic E-state index is -4.38. The normalized spacial score (nSPS) is 12.9. The maximum Gasteiger partial charge on any atom is 0.416 e. The summed E-state index contributed by atoms with van der Waals surface area (Å²) < 4.78 is 44.3. The van der Waals surface area contributed by atoms with Crippen LogP contribution in [0.3, 0.4) is 0 Å². The van der Waals surface area contributed by atoms with Crippen molar-refractivity contribution in [3.05, 3.63) is 115 Å². The van der Waals surface area contributed by atoms with E-state index >= 15 is 0 Å². The zero-order valence-corrected chi connectivity index (χ0v) is 20.9. The van der Waals surface area contributed by atoms with Crippen molar-refractivity contribution in [3.8, 4) is 11.1 Å². The Kier molecular flexibility index (Phi) is 3.98. The highest BCUT2D eigenvalue weighted by Crippen LogP contribution is 2.41. The lowest BCUT2D eigenvalue weighted by atomic mass is 10.00. The Morgan fingerprint density at radius 3 is 1.82 bits per heavy atom. The molecule has 0 saturated heterocycles. The summed E-state index contributed by atoms with van der Waals surface area (Å²) in [6.07, 6.45) is -4.38. The molecular formula is C34H18F3N3. The number of alkyl halides is 3. The number of hydrogen-bond donors (Lipinski definition) is 0. The fourth-order valence-corrected chi connectivity index (χ4v) is 6.34. The van der Waals surface area contributed by atoms with Gasteiger partial charge in [0.15, 0.2) is 0 Å². The van der Waals surface area contributed by atoms with E-state index in [9.17, 15) is 13.2 Å². The number of imidazole rings is 2. The second-order valence-electron chi connectivity index (χ2n) is 10.5. The maximum atomic E-state index is 13.3. The second-order valence-corrected chi connectivity index (χ2v) is 10.5. The zero-order chi connectivity index (χ0) is 26.7. The van der Waals surface area contributed by atoms with Gasteiger partial charge in [0, 0.05) is 10.8 Å². The van der Waals surface area contributed by atoms with Gasteiger partial charge in [-0.25, -0.2) is 4.98 Å². The fourth-order valence-electron chi connectivity index (χ4n) is 6.34. The minimum absolute atomic E-state index is 0.653. The minimum Gasteiger partial charge on any atom is -0.277 e. The molecule has 0 aliphatic rings. The third kappa shape index (κ3) is 2.82. The van der Waals surface area contributed by atoms with Crippen LogP contribution in [-0.2, 0) is 6.18 Å². The van der Waals surface area contributed by atoms with Crippen LogP contribution >= 0.6 is 0 Å². The Labute approximate surface area is 224 Å². The molecule has 0 radical (unpaired) electrons. The fraction of sp³-hybridized carbons (Fsp3) is 0.0294. The third-order valence-electron chi connectivity index (χ3n) is 8.20. The van der Waals surface area contributed by atoms with Gasteiger partial charge in [-0.2, -0.15) is 13.2 Å². The van der Waals surface area contributed by atoms with E-state index in [0.717, 1.165) is 88.9 Å². The Hall–Kier alpha value is -5.10. The van der Waals surface area contributed by atoms with Gasteiger partial charge in [0.1, 0.15) is 0 Å². The predicted molar refractivity (Wildman–Crippen MR) is 155 cm³/mol. The van der Waals surface area contributed by atoms with E-state index < -0.39 is 11.7 Å². The van der Waals surface area contributed by atoms with Crippen LogP contribution in [0.25, 0.3) is 76.8 Å². The highest BCUT2D eigenvalue weighted by atomic mass is 19.4. The molecule has 6 heteroatoms. The molecule has 0 aliphatic heterocycles. The summed E-state index contributed by atoms with van der Waals surface area (Å²) in [6.45, 7) is 0. The lowest BCUT2D eigenvalue weighted by molar-refractivity contribution is -0.137. The molecule has 0 fully saturated rings. The van der Waals surface area contributed by atoms with Gasteiger partial charge in [0.05, 0.1) is 33.1 Å². The summed E-state index contributed by atoms with van der Waals surface area (Å²) in [7, 11) is 0. The second kappa shape index (κ2) is 7.30. The molecular weight excluding hydrogens is 507 g/mol. The van der Waals surface area contributed by atoms with Crippen LogP contribution in [0, 0.1) is 0 Å². The lowest BCUT2D eigenvalue weighted by Gasteiger charge is -2.09. The quantitative estimate of drug-likeness (QED) is 0.209. The Morgan fingerprint density at radius 1 is 0.525 bits per heavy atom. The molecule has 40 heavy (non-hydrogen) atoms. The van der Waals surface area contributed by atoms with Crippen molar-refractivity contribution in [2.45, 2.75) is 6.18 Å². The molecule has 3 nitrogen and oxygen atoms in total. The Bertz CT molecular complexity index is 2460. The van der Waals surface area contributed by atoms with Crippen molar-refractivity contribution in [2.24, 2.45) is 0 Å². The average molecular weight is 526 g/mol. The molecule has 9 aromatic rings. The standard InChI is InChI=1S/C34H18F3N3/c35-34(36,37)25-11-9-19(10-12-25)24-14-27-26-13-20-5-1-3-7-22(20)16-29(26)40-32(27)31(18-24)39-30-17-23-8-4-2-6-21(23)15-28(30)38-33(39)40/h1-18H. The summed E-state index contributed by atoms with van der Waals surface area (Å²) >= 11 is 0. The van der Waals surface area contributed by atoms with Crippen LogP contribution in [0.4, 0.5) is 13.2 Å². The van der Waals surface area contributed by atoms with Gasteiger partial charge in [-0.3, -0.25) is 8.80 Å². The van der Waals surface area contributed by atoms with Gasteiger partial charge in [-0.05, 0) is 81.2 Å². The van der Waals surface area contributed by atoms with Gasteiger partial charge < -0.3 is 0 Å². The van der Waals surface area contributed by atoms with Gasteiger partial charge in [-0.15, -0.1) is 0 Å². The maximum absolute atomic E-state index is 13.3. The van der Waals surface area contributed by atoms with Crippen LogP contribution < -0.4 is 0 Å². The third-order valence-corrected chi connectivity index (χ3v) is 8.20. The van der Waals surface area contributed by atoms with Crippen LogP contribution in [0.2, 0.25) is 0 Å². The van der Waals surface area contributed by atoms with Crippen LogP contribution in [0.1, 0.15) is 5.56 Å². The largest absolute Gasteiger partial charge is 0.416 e. The summed E-state index contributed by atoms with van der Waals surface area (Å²) in [6, 6.07) is 34.8. The van der Waals surface area contributed by atoms with Crippen LogP contribution in [0.5, 0.6) is 0 Å². The molecule has 0 unspecified atom stereocenters. The smallest absolute Gasteiger partial charge is 0.277 e. The number of rotatable bonds is 1. The van der Waals surface area contributed by atoms with Gasteiger partial charge in [-0.1, -0.05) is 60.7 Å². The first-order valence-corrected chi connectivity index (χ1v) is 13.0. The summed E-state index contributed by atoms with van der Waals surface area (Å²) in [5.41, 5.74) is 5.92. The highest BCUT2D eigenvalue weighted by molar-refractivity contribution is 6.20. The number of hydrogen-bond acceptors (Lipinski definition) is 1. The molecule has 9 rings (SSSR count). The molecule has 3 aromatic heterocycles. The zero-order valence-electron chi connectivity index (χ0n) is 20.9. The van der Waals surface area contributed by atoms with E-state index in [-0.39, 0.29) is 0 Å². The van der Waals surface area contributed by atoms with E-state index in [2.05, 4.69) is 69.5 Å². The molecule has 190 valence electrons. The van der Waals surface area contributed by atoms with Crippen molar-refractivity contribution < 1.29 is 13.2 Å². The van der Waals surface area contributed by atoms with Crippen molar-refractivity contribution in [3.63, 3.8) is 0 Å². The molecule has 3 heterocycles. The van der Waals surface area contributed by atoms with Crippen LogP contribution in [0.15, 0.2) is 109 Å². The van der Waals surface area contributed by atoms with E-state index in [1.807, 2.05) is 24.3 Å². The van der Waals surface area contributed by atoms with Crippen molar-refractivity contribution in [1.29, 1.82) is 0 Å². The highest BCUT2D eigenvalue weighted by Gasteiger charge is 2.30. The molecule has 6 aromatic carbocycles. The average Bonchev–Trinajstić information content (AvgIpc) is 3.59. The first kappa shape index (κ1) is 21.8. The Morgan fingerprint density at radius 2 is 1.15 bits per heavy atom. The van der Waals surface area contributed by atoms with Gasteiger partial charge in [0.25, 0.3) is 0 Å². The van der Waals surface area contributed by atoms with E-state index in [1.165, 1.54) is 0 Å². The topological polar surface area (TPSA) is 21.7 Å². The van der Waals surface area contributed by atoms with Crippen molar-refractivity contribution in [2.75, 3.05) is 0 Å². The molecule has 0 aliphatic carbocycles. The molecule has 0 bridgehead atoms. The summed E-state index contributed by atoms with van der Waals surface area (Å²) in [5.74, 6) is 0.820. The van der Waals surface area contributed by atoms with Gasteiger partial charge >= 0.3 is 6.18 Å². The number of fused-ring (bicyclic) bond motifs is 10. The molecule has 0 spiro atoms. The molecule has 0 saturated carbocycles.